The van der Waals surface area contributed by atoms with Crippen LogP contribution in [-0.4, -0.2) is 35.4 Å². The molecule has 1 aliphatic heterocycles. The van der Waals surface area contributed by atoms with Crippen molar-refractivity contribution in [3.8, 4) is 0 Å². The highest BCUT2D eigenvalue weighted by atomic mass is 16.3. The van der Waals surface area contributed by atoms with E-state index in [0.717, 1.165) is 55.0 Å². The van der Waals surface area contributed by atoms with Gasteiger partial charge >= 0.3 is 0 Å². The summed E-state index contributed by atoms with van der Waals surface area (Å²) in [5.41, 5.74) is 3.86. The minimum absolute atomic E-state index is 0.0520. The van der Waals surface area contributed by atoms with E-state index < -0.39 is 0 Å². The molecule has 2 heterocycles. The maximum absolute atomic E-state index is 12.4. The molecule has 2 aromatic carbocycles. The van der Waals surface area contributed by atoms with Crippen LogP contribution in [0.5, 0.6) is 0 Å². The number of oxazole rings is 1. The van der Waals surface area contributed by atoms with Crippen LogP contribution in [0.2, 0.25) is 0 Å². The third-order valence-corrected chi connectivity index (χ3v) is 5.29. The van der Waals surface area contributed by atoms with Crippen LogP contribution < -0.4 is 5.32 Å². The van der Waals surface area contributed by atoms with Crippen LogP contribution >= 0.6 is 0 Å². The number of carbonyl (C=O) groups is 1. The van der Waals surface area contributed by atoms with Gasteiger partial charge in [-0.05, 0) is 56.1 Å². The zero-order valence-corrected chi connectivity index (χ0v) is 15.6. The summed E-state index contributed by atoms with van der Waals surface area (Å²) in [7, 11) is 0. The Morgan fingerprint density at radius 2 is 1.89 bits per heavy atom. The largest absolute Gasteiger partial charge is 0.440 e. The molecular formula is C22H25N3O2. The number of hydrogen-bond acceptors (Lipinski definition) is 4. The number of aryl methyl sites for hydroxylation is 1. The van der Waals surface area contributed by atoms with Gasteiger partial charge in [-0.15, -0.1) is 0 Å². The summed E-state index contributed by atoms with van der Waals surface area (Å²) in [5.74, 6) is 1.21. The number of benzene rings is 2. The van der Waals surface area contributed by atoms with Crippen molar-refractivity contribution < 1.29 is 9.21 Å². The molecule has 0 atom stereocenters. The Hall–Kier alpha value is -2.66. The third kappa shape index (κ3) is 4.03. The summed E-state index contributed by atoms with van der Waals surface area (Å²) in [6.45, 7) is 4.29. The number of hydrogen-bond donors (Lipinski definition) is 1. The highest BCUT2D eigenvalue weighted by Gasteiger charge is 2.25. The molecule has 1 aliphatic rings. The number of piperidine rings is 1. The zero-order valence-electron chi connectivity index (χ0n) is 15.6. The Bertz CT molecular complexity index is 893. The van der Waals surface area contributed by atoms with Crippen molar-refractivity contribution in [3.63, 3.8) is 0 Å². The van der Waals surface area contributed by atoms with E-state index in [1.54, 1.807) is 0 Å². The topological polar surface area (TPSA) is 58.4 Å². The maximum Gasteiger partial charge on any atom is 0.238 e. The number of aromatic nitrogens is 1. The average molecular weight is 363 g/mol. The van der Waals surface area contributed by atoms with Crippen LogP contribution in [0.25, 0.3) is 11.1 Å². The Morgan fingerprint density at radius 3 is 2.67 bits per heavy atom. The first-order chi connectivity index (χ1) is 13.2. The maximum atomic E-state index is 12.4. The molecule has 140 valence electrons. The van der Waals surface area contributed by atoms with Gasteiger partial charge in [0.25, 0.3) is 0 Å². The monoisotopic (exact) mass is 363 g/mol. The second-order valence-corrected chi connectivity index (χ2v) is 7.13. The Balaban J connectivity index is 1.32. The van der Waals surface area contributed by atoms with E-state index in [1.807, 2.05) is 42.5 Å². The van der Waals surface area contributed by atoms with Crippen LogP contribution in [0.4, 0.5) is 5.69 Å². The van der Waals surface area contributed by atoms with Gasteiger partial charge in [0.1, 0.15) is 5.52 Å². The molecule has 0 unspecified atom stereocenters. The number of nitrogens with zero attached hydrogens (tertiary/aromatic N) is 2. The molecule has 27 heavy (non-hydrogen) atoms. The lowest BCUT2D eigenvalue weighted by molar-refractivity contribution is -0.117. The lowest BCUT2D eigenvalue weighted by Crippen LogP contribution is -2.38. The van der Waals surface area contributed by atoms with Gasteiger partial charge in [0, 0.05) is 11.6 Å². The van der Waals surface area contributed by atoms with Crippen LogP contribution in [0, 0.1) is 0 Å². The first-order valence-corrected chi connectivity index (χ1v) is 9.68. The molecule has 1 N–H and O–H groups in total. The average Bonchev–Trinajstić information content (AvgIpc) is 3.13. The number of nitrogens with one attached hydrogen (secondary N) is 1. The van der Waals surface area contributed by atoms with Gasteiger partial charge < -0.3 is 9.73 Å². The van der Waals surface area contributed by atoms with E-state index in [4.69, 9.17) is 4.42 Å². The number of amides is 1. The Morgan fingerprint density at radius 1 is 1.15 bits per heavy atom. The fourth-order valence-electron chi connectivity index (χ4n) is 3.75. The van der Waals surface area contributed by atoms with Crippen molar-refractivity contribution in [1.29, 1.82) is 0 Å². The van der Waals surface area contributed by atoms with Crippen molar-refractivity contribution >= 4 is 22.7 Å². The minimum atomic E-state index is 0.0520. The van der Waals surface area contributed by atoms with Crippen LogP contribution in [0.3, 0.4) is 0 Å². The van der Waals surface area contributed by atoms with E-state index in [0.29, 0.717) is 12.5 Å². The van der Waals surface area contributed by atoms with Crippen molar-refractivity contribution in [2.24, 2.45) is 0 Å². The molecule has 0 saturated carbocycles. The predicted molar refractivity (Wildman–Crippen MR) is 107 cm³/mol. The standard InChI is InChI=1S/C22H25N3O2/c1-2-16-7-3-4-8-18(16)23-21(26)15-25-13-11-17(12-14-25)22-24-19-9-5-6-10-20(19)27-22/h3-10,17H,2,11-15H2,1H3,(H,23,26). The summed E-state index contributed by atoms with van der Waals surface area (Å²) < 4.78 is 5.92. The molecular weight excluding hydrogens is 338 g/mol. The summed E-state index contributed by atoms with van der Waals surface area (Å²) >= 11 is 0. The van der Waals surface area contributed by atoms with Gasteiger partial charge in [0.15, 0.2) is 11.5 Å². The molecule has 3 aromatic rings. The first kappa shape index (κ1) is 17.7. The first-order valence-electron chi connectivity index (χ1n) is 9.68. The van der Waals surface area contributed by atoms with E-state index in [9.17, 15) is 4.79 Å². The molecule has 1 amide bonds. The SMILES string of the molecule is CCc1ccccc1NC(=O)CN1CCC(c2nc3ccccc3o2)CC1. The summed E-state index contributed by atoms with van der Waals surface area (Å²) in [6, 6.07) is 15.9. The third-order valence-electron chi connectivity index (χ3n) is 5.29. The molecule has 0 bridgehead atoms. The Kier molecular flexibility index (Phi) is 5.21. The number of para-hydroxylation sites is 3. The van der Waals surface area contributed by atoms with Gasteiger partial charge in [-0.1, -0.05) is 37.3 Å². The van der Waals surface area contributed by atoms with E-state index in [1.165, 1.54) is 5.56 Å². The van der Waals surface area contributed by atoms with Crippen LogP contribution in [-0.2, 0) is 11.2 Å². The number of rotatable bonds is 5. The summed E-state index contributed by atoms with van der Waals surface area (Å²) in [6.07, 6.45) is 2.84. The number of anilines is 1. The van der Waals surface area contributed by atoms with Gasteiger partial charge in [-0.25, -0.2) is 4.98 Å². The normalized spacial score (nSPS) is 15.9. The summed E-state index contributed by atoms with van der Waals surface area (Å²) in [4.78, 5) is 19.3. The number of fused-ring (bicyclic) bond motifs is 1. The second-order valence-electron chi connectivity index (χ2n) is 7.13. The molecule has 1 saturated heterocycles. The lowest BCUT2D eigenvalue weighted by atomic mass is 9.97. The molecule has 0 aliphatic carbocycles. The minimum Gasteiger partial charge on any atom is -0.440 e. The van der Waals surface area contributed by atoms with E-state index >= 15 is 0 Å². The number of likely N-dealkylation sites (tertiary alicyclic amines) is 1. The van der Waals surface area contributed by atoms with Gasteiger partial charge in [-0.3, -0.25) is 9.69 Å². The van der Waals surface area contributed by atoms with E-state index in [2.05, 4.69) is 28.2 Å². The predicted octanol–water partition coefficient (Wildman–Crippen LogP) is 4.21. The second kappa shape index (κ2) is 7.92. The van der Waals surface area contributed by atoms with Crippen molar-refractivity contribution in [3.05, 3.63) is 60.0 Å². The Labute approximate surface area is 159 Å². The van der Waals surface area contributed by atoms with Crippen molar-refractivity contribution in [2.45, 2.75) is 32.1 Å². The van der Waals surface area contributed by atoms with Crippen LogP contribution in [0.1, 0.15) is 37.1 Å². The molecule has 5 heteroatoms. The molecule has 1 fully saturated rings. The zero-order chi connectivity index (χ0) is 18.6. The number of carbonyl (C=O) groups excluding carboxylic acids is 1. The fourth-order valence-corrected chi connectivity index (χ4v) is 3.75. The molecule has 4 rings (SSSR count). The van der Waals surface area contributed by atoms with Crippen molar-refractivity contribution in [2.75, 3.05) is 25.0 Å². The quantitative estimate of drug-likeness (QED) is 0.738. The smallest absolute Gasteiger partial charge is 0.238 e. The molecule has 5 nitrogen and oxygen atoms in total. The van der Waals surface area contributed by atoms with Gasteiger partial charge in [0.05, 0.1) is 6.54 Å². The molecule has 1 aromatic heterocycles. The fraction of sp³-hybridized carbons (Fsp3) is 0.364. The highest BCUT2D eigenvalue weighted by molar-refractivity contribution is 5.93. The van der Waals surface area contributed by atoms with Crippen molar-refractivity contribution in [1.82, 2.24) is 9.88 Å². The van der Waals surface area contributed by atoms with Gasteiger partial charge in [-0.2, -0.15) is 0 Å². The van der Waals surface area contributed by atoms with Gasteiger partial charge in [0.2, 0.25) is 5.91 Å². The summed E-state index contributed by atoms with van der Waals surface area (Å²) in [5, 5.41) is 3.06. The van der Waals surface area contributed by atoms with Crippen LogP contribution in [0.15, 0.2) is 52.9 Å². The highest BCUT2D eigenvalue weighted by Crippen LogP contribution is 2.29. The molecule has 0 spiro atoms. The lowest BCUT2D eigenvalue weighted by Gasteiger charge is -2.30. The van der Waals surface area contributed by atoms with E-state index in [-0.39, 0.29) is 5.91 Å². The molecule has 0 radical (unpaired) electrons.